The van der Waals surface area contributed by atoms with Crippen LogP contribution in [-0.4, -0.2) is 31.2 Å². The summed E-state index contributed by atoms with van der Waals surface area (Å²) in [6, 6.07) is 2.32. The Morgan fingerprint density at radius 3 is 2.64 bits per heavy atom. The maximum Gasteiger partial charge on any atom is 0.409 e. The Morgan fingerprint density at radius 1 is 1.57 bits per heavy atom. The standard InChI is InChI=1S/C10H14N2O2/c1-14-9(13)12-4-2-10(3-5-12)6-8(10)7-11/h8H,2-6H2,1H3. The van der Waals surface area contributed by atoms with Crippen molar-refractivity contribution in [1.82, 2.24) is 4.90 Å². The van der Waals surface area contributed by atoms with E-state index in [0.29, 0.717) is 0 Å². The van der Waals surface area contributed by atoms with Gasteiger partial charge in [-0.2, -0.15) is 5.26 Å². The first-order chi connectivity index (χ1) is 6.72. The minimum atomic E-state index is -0.242. The normalized spacial score (nSPS) is 28.3. The molecule has 0 aromatic carbocycles. The third-order valence-corrected chi connectivity index (χ3v) is 3.54. The van der Waals surface area contributed by atoms with Gasteiger partial charge in [-0.05, 0) is 24.7 Å². The fraction of sp³-hybridized carbons (Fsp3) is 0.800. The molecule has 1 heterocycles. The molecule has 2 fully saturated rings. The van der Waals surface area contributed by atoms with Crippen molar-refractivity contribution < 1.29 is 9.53 Å². The van der Waals surface area contributed by atoms with Crippen molar-refractivity contribution in [3.8, 4) is 6.07 Å². The van der Waals surface area contributed by atoms with E-state index in [1.54, 1.807) is 4.90 Å². The van der Waals surface area contributed by atoms with Gasteiger partial charge in [0, 0.05) is 13.1 Å². The van der Waals surface area contributed by atoms with Crippen LogP contribution in [0.5, 0.6) is 0 Å². The van der Waals surface area contributed by atoms with Crippen LogP contribution < -0.4 is 0 Å². The zero-order valence-electron chi connectivity index (χ0n) is 8.32. The van der Waals surface area contributed by atoms with Crippen LogP contribution in [0.25, 0.3) is 0 Å². The monoisotopic (exact) mass is 194 g/mol. The van der Waals surface area contributed by atoms with Gasteiger partial charge in [0.2, 0.25) is 0 Å². The Kier molecular flexibility index (Phi) is 2.10. The maximum absolute atomic E-state index is 11.2. The molecule has 1 atom stereocenters. The van der Waals surface area contributed by atoms with Gasteiger partial charge >= 0.3 is 6.09 Å². The van der Waals surface area contributed by atoms with Gasteiger partial charge in [0.25, 0.3) is 0 Å². The van der Waals surface area contributed by atoms with Gasteiger partial charge in [0.1, 0.15) is 0 Å². The summed E-state index contributed by atoms with van der Waals surface area (Å²) in [7, 11) is 1.40. The van der Waals surface area contributed by atoms with Crippen LogP contribution in [0, 0.1) is 22.7 Å². The minimum Gasteiger partial charge on any atom is -0.453 e. The van der Waals surface area contributed by atoms with E-state index < -0.39 is 0 Å². The zero-order valence-corrected chi connectivity index (χ0v) is 8.32. The molecule has 0 radical (unpaired) electrons. The van der Waals surface area contributed by atoms with Crippen LogP contribution in [0.2, 0.25) is 0 Å². The summed E-state index contributed by atoms with van der Waals surface area (Å²) in [5.74, 6) is 0.238. The Hall–Kier alpha value is -1.24. The topological polar surface area (TPSA) is 53.3 Å². The molecule has 2 rings (SSSR count). The first-order valence-electron chi connectivity index (χ1n) is 4.94. The van der Waals surface area contributed by atoms with E-state index >= 15 is 0 Å². The molecule has 4 heteroatoms. The van der Waals surface area contributed by atoms with Crippen molar-refractivity contribution in [2.24, 2.45) is 11.3 Å². The lowest BCUT2D eigenvalue weighted by molar-refractivity contribution is 0.101. The molecule has 1 amide bonds. The number of likely N-dealkylation sites (tertiary alicyclic amines) is 1. The molecule has 2 aliphatic rings. The van der Waals surface area contributed by atoms with Crippen LogP contribution in [0.3, 0.4) is 0 Å². The van der Waals surface area contributed by atoms with Crippen LogP contribution in [0.1, 0.15) is 19.3 Å². The molecule has 1 aliphatic carbocycles. The average molecular weight is 194 g/mol. The first-order valence-corrected chi connectivity index (χ1v) is 4.94. The van der Waals surface area contributed by atoms with E-state index in [9.17, 15) is 4.79 Å². The van der Waals surface area contributed by atoms with E-state index in [0.717, 1.165) is 32.4 Å². The van der Waals surface area contributed by atoms with Crippen LogP contribution in [0.15, 0.2) is 0 Å². The van der Waals surface area contributed by atoms with Crippen molar-refractivity contribution in [2.75, 3.05) is 20.2 Å². The number of hydrogen-bond acceptors (Lipinski definition) is 3. The molecule has 0 N–H and O–H groups in total. The van der Waals surface area contributed by atoms with Crippen molar-refractivity contribution in [1.29, 1.82) is 5.26 Å². The summed E-state index contributed by atoms with van der Waals surface area (Å²) >= 11 is 0. The Bertz CT molecular complexity index is 287. The van der Waals surface area contributed by atoms with Crippen molar-refractivity contribution >= 4 is 6.09 Å². The second-order valence-electron chi connectivity index (χ2n) is 4.21. The van der Waals surface area contributed by atoms with E-state index in [1.165, 1.54) is 7.11 Å². The molecule has 1 saturated carbocycles. The second-order valence-corrected chi connectivity index (χ2v) is 4.21. The largest absolute Gasteiger partial charge is 0.453 e. The summed E-state index contributed by atoms with van der Waals surface area (Å²) in [6.45, 7) is 1.48. The predicted molar refractivity (Wildman–Crippen MR) is 49.4 cm³/mol. The van der Waals surface area contributed by atoms with Crippen LogP contribution >= 0.6 is 0 Å². The highest BCUT2D eigenvalue weighted by Gasteiger charge is 2.55. The van der Waals surface area contributed by atoms with Gasteiger partial charge in [0.05, 0.1) is 19.1 Å². The smallest absolute Gasteiger partial charge is 0.409 e. The van der Waals surface area contributed by atoms with Gasteiger partial charge in [0.15, 0.2) is 0 Å². The van der Waals surface area contributed by atoms with E-state index in [-0.39, 0.29) is 17.4 Å². The lowest BCUT2D eigenvalue weighted by Gasteiger charge is -2.31. The number of methoxy groups -OCH3 is 1. The summed E-state index contributed by atoms with van der Waals surface area (Å²) in [4.78, 5) is 12.9. The highest BCUT2D eigenvalue weighted by molar-refractivity contribution is 5.67. The van der Waals surface area contributed by atoms with Gasteiger partial charge in [-0.25, -0.2) is 4.79 Å². The van der Waals surface area contributed by atoms with Crippen LogP contribution in [-0.2, 0) is 4.74 Å². The second kappa shape index (κ2) is 3.16. The third-order valence-electron chi connectivity index (χ3n) is 3.54. The van der Waals surface area contributed by atoms with E-state index in [1.807, 2.05) is 0 Å². The van der Waals surface area contributed by atoms with Gasteiger partial charge in [-0.3, -0.25) is 0 Å². The first kappa shape index (κ1) is 9.32. The molecular weight excluding hydrogens is 180 g/mol. The van der Waals surface area contributed by atoms with E-state index in [2.05, 4.69) is 10.8 Å². The van der Waals surface area contributed by atoms with Crippen molar-refractivity contribution in [2.45, 2.75) is 19.3 Å². The Labute approximate surface area is 83.4 Å². The molecule has 1 unspecified atom stereocenters. The SMILES string of the molecule is COC(=O)N1CCC2(CC1)CC2C#N. The number of hydrogen-bond donors (Lipinski definition) is 0. The summed E-state index contributed by atoms with van der Waals surface area (Å²) in [6.07, 6.45) is 2.70. The molecule has 0 aromatic rings. The number of nitriles is 1. The average Bonchev–Trinajstić information content (AvgIpc) is 2.91. The lowest BCUT2D eigenvalue weighted by atomic mass is 9.91. The number of nitrogens with zero attached hydrogens (tertiary/aromatic N) is 2. The lowest BCUT2D eigenvalue weighted by Crippen LogP contribution is -2.39. The van der Waals surface area contributed by atoms with E-state index in [4.69, 9.17) is 5.26 Å². The number of piperidine rings is 1. The molecule has 0 bridgehead atoms. The highest BCUT2D eigenvalue weighted by atomic mass is 16.5. The fourth-order valence-electron chi connectivity index (χ4n) is 2.35. The molecule has 1 spiro atoms. The number of carbonyl (C=O) groups excluding carboxylic acids is 1. The number of carbonyl (C=O) groups is 1. The molecule has 0 aromatic heterocycles. The molecule has 14 heavy (non-hydrogen) atoms. The third kappa shape index (κ3) is 1.33. The number of ether oxygens (including phenoxy) is 1. The summed E-state index contributed by atoms with van der Waals surface area (Å²) in [5, 5.41) is 8.79. The molecule has 1 saturated heterocycles. The highest BCUT2D eigenvalue weighted by Crippen LogP contribution is 2.58. The fourth-order valence-corrected chi connectivity index (χ4v) is 2.35. The van der Waals surface area contributed by atoms with Crippen molar-refractivity contribution in [3.05, 3.63) is 0 Å². The molecule has 76 valence electrons. The number of amides is 1. The van der Waals surface area contributed by atoms with Gasteiger partial charge in [-0.1, -0.05) is 0 Å². The minimum absolute atomic E-state index is 0.238. The molecular formula is C10H14N2O2. The van der Waals surface area contributed by atoms with Gasteiger partial charge in [-0.15, -0.1) is 0 Å². The predicted octanol–water partition coefficient (Wildman–Crippen LogP) is 1.38. The quantitative estimate of drug-likeness (QED) is 0.585. The maximum atomic E-state index is 11.2. The molecule has 4 nitrogen and oxygen atoms in total. The number of rotatable bonds is 0. The molecule has 1 aliphatic heterocycles. The van der Waals surface area contributed by atoms with Crippen LogP contribution in [0.4, 0.5) is 4.79 Å². The zero-order chi connectivity index (χ0) is 10.2. The Morgan fingerprint density at radius 2 is 2.21 bits per heavy atom. The van der Waals surface area contributed by atoms with Gasteiger partial charge < -0.3 is 9.64 Å². The summed E-state index contributed by atoms with van der Waals surface area (Å²) in [5.41, 5.74) is 0.249. The van der Waals surface area contributed by atoms with Crippen molar-refractivity contribution in [3.63, 3.8) is 0 Å². The summed E-state index contributed by atoms with van der Waals surface area (Å²) < 4.78 is 4.65. The Balaban J connectivity index is 1.88.